The standard InChI is InChI=1S/C24H27N7O3/c1-15-19(9-8-18(16(2)33)22(15)34-3)29-12-21(25-14-29)26-23-20-7-5-11-31(20)28-24(27-23)30-10-4-6-17(30)13-32/h5,7-9,11-12,14,17,32H,4,6,10,13H2,1-3H3,(H,26,27,28)/t17-/m0/s1. The van der Waals surface area contributed by atoms with Crippen LogP contribution in [0, 0.1) is 6.92 Å². The van der Waals surface area contributed by atoms with Crippen molar-refractivity contribution in [3.63, 3.8) is 0 Å². The van der Waals surface area contributed by atoms with Gasteiger partial charge in [-0.1, -0.05) is 0 Å². The molecule has 0 amide bonds. The highest BCUT2D eigenvalue weighted by Crippen LogP contribution is 2.31. The van der Waals surface area contributed by atoms with Gasteiger partial charge in [0.2, 0.25) is 5.95 Å². The number of aromatic nitrogens is 5. The number of imidazole rings is 1. The molecule has 1 aromatic carbocycles. The zero-order valence-electron chi connectivity index (χ0n) is 19.4. The molecule has 1 saturated heterocycles. The summed E-state index contributed by atoms with van der Waals surface area (Å²) in [7, 11) is 1.57. The van der Waals surface area contributed by atoms with Crippen molar-refractivity contribution in [2.24, 2.45) is 0 Å². The van der Waals surface area contributed by atoms with Gasteiger partial charge in [-0.05, 0) is 51.0 Å². The third-order valence-electron chi connectivity index (χ3n) is 6.29. The lowest BCUT2D eigenvalue weighted by atomic mass is 10.0. The molecule has 3 aromatic heterocycles. The van der Waals surface area contributed by atoms with Gasteiger partial charge in [0, 0.05) is 18.3 Å². The summed E-state index contributed by atoms with van der Waals surface area (Å²) in [6.07, 6.45) is 7.36. The molecule has 0 spiro atoms. The predicted octanol–water partition coefficient (Wildman–Crippen LogP) is 3.14. The molecule has 4 aromatic rings. The van der Waals surface area contributed by atoms with E-state index < -0.39 is 0 Å². The molecule has 2 N–H and O–H groups in total. The summed E-state index contributed by atoms with van der Waals surface area (Å²) in [6.45, 7) is 4.33. The predicted molar refractivity (Wildman–Crippen MR) is 129 cm³/mol. The van der Waals surface area contributed by atoms with E-state index in [2.05, 4.69) is 20.3 Å². The van der Waals surface area contributed by atoms with E-state index in [0.29, 0.717) is 28.9 Å². The van der Waals surface area contributed by atoms with Crippen molar-refractivity contribution in [2.45, 2.75) is 32.7 Å². The van der Waals surface area contributed by atoms with E-state index >= 15 is 0 Å². The number of methoxy groups -OCH3 is 1. The third kappa shape index (κ3) is 3.75. The zero-order chi connectivity index (χ0) is 23.8. The lowest BCUT2D eigenvalue weighted by Gasteiger charge is -2.23. The second-order valence-corrected chi connectivity index (χ2v) is 8.41. The number of anilines is 3. The van der Waals surface area contributed by atoms with Crippen LogP contribution in [0.25, 0.3) is 11.2 Å². The number of aliphatic hydroxyl groups excluding tert-OH is 1. The number of hydrogen-bond donors (Lipinski definition) is 2. The van der Waals surface area contributed by atoms with Crippen molar-refractivity contribution in [1.29, 1.82) is 0 Å². The highest BCUT2D eigenvalue weighted by Gasteiger charge is 2.27. The molecule has 176 valence electrons. The van der Waals surface area contributed by atoms with Crippen LogP contribution in [0.5, 0.6) is 5.75 Å². The lowest BCUT2D eigenvalue weighted by molar-refractivity contribution is 0.101. The van der Waals surface area contributed by atoms with Crippen LogP contribution >= 0.6 is 0 Å². The average molecular weight is 462 g/mol. The number of benzene rings is 1. The summed E-state index contributed by atoms with van der Waals surface area (Å²) in [6, 6.07) is 7.53. The number of nitrogens with zero attached hydrogens (tertiary/aromatic N) is 6. The number of aliphatic hydroxyl groups is 1. The Labute approximate surface area is 196 Å². The molecule has 0 bridgehead atoms. The maximum Gasteiger partial charge on any atom is 0.245 e. The Bertz CT molecular complexity index is 1360. The molecule has 1 fully saturated rings. The first kappa shape index (κ1) is 21.9. The number of carbonyl (C=O) groups is 1. The molecule has 0 radical (unpaired) electrons. The van der Waals surface area contributed by atoms with Gasteiger partial charge in [-0.25, -0.2) is 9.50 Å². The number of Topliss-reactive ketones (excluding diaryl/α,β-unsaturated/α-hetero) is 1. The average Bonchev–Trinajstić information content (AvgIpc) is 3.58. The second kappa shape index (κ2) is 8.79. The zero-order valence-corrected chi connectivity index (χ0v) is 19.4. The van der Waals surface area contributed by atoms with Crippen molar-refractivity contribution in [3.8, 4) is 11.4 Å². The van der Waals surface area contributed by atoms with Crippen LogP contribution < -0.4 is 15.0 Å². The van der Waals surface area contributed by atoms with E-state index in [1.165, 1.54) is 6.92 Å². The first-order valence-electron chi connectivity index (χ1n) is 11.2. The summed E-state index contributed by atoms with van der Waals surface area (Å²) in [5.41, 5.74) is 3.08. The van der Waals surface area contributed by atoms with Crippen LogP contribution in [-0.2, 0) is 0 Å². The normalized spacial score (nSPS) is 15.8. The van der Waals surface area contributed by atoms with Crippen LogP contribution in [0.3, 0.4) is 0 Å². The maximum absolute atomic E-state index is 11.9. The number of ketones is 1. The fourth-order valence-corrected chi connectivity index (χ4v) is 4.57. The van der Waals surface area contributed by atoms with Gasteiger partial charge in [0.1, 0.15) is 23.4 Å². The number of fused-ring (bicyclic) bond motifs is 1. The highest BCUT2D eigenvalue weighted by atomic mass is 16.5. The highest BCUT2D eigenvalue weighted by molar-refractivity contribution is 5.97. The number of ether oxygens (including phenoxy) is 1. The largest absolute Gasteiger partial charge is 0.496 e. The fourth-order valence-electron chi connectivity index (χ4n) is 4.57. The molecule has 10 heteroatoms. The Morgan fingerprint density at radius 3 is 2.94 bits per heavy atom. The quantitative estimate of drug-likeness (QED) is 0.404. The molecule has 34 heavy (non-hydrogen) atoms. The van der Waals surface area contributed by atoms with E-state index in [4.69, 9.17) is 9.72 Å². The fraction of sp³-hybridized carbons (Fsp3) is 0.333. The van der Waals surface area contributed by atoms with Crippen molar-refractivity contribution in [3.05, 3.63) is 54.1 Å². The second-order valence-electron chi connectivity index (χ2n) is 8.41. The minimum atomic E-state index is -0.0447. The van der Waals surface area contributed by atoms with E-state index in [9.17, 15) is 9.90 Å². The van der Waals surface area contributed by atoms with Crippen molar-refractivity contribution in [2.75, 3.05) is 30.5 Å². The molecule has 10 nitrogen and oxygen atoms in total. The number of rotatable bonds is 7. The van der Waals surface area contributed by atoms with Gasteiger partial charge in [0.15, 0.2) is 11.6 Å². The Morgan fingerprint density at radius 2 is 2.18 bits per heavy atom. The van der Waals surface area contributed by atoms with E-state index in [-0.39, 0.29) is 18.4 Å². The maximum atomic E-state index is 11.9. The molecule has 0 unspecified atom stereocenters. The van der Waals surface area contributed by atoms with Gasteiger partial charge in [-0.3, -0.25) is 4.79 Å². The van der Waals surface area contributed by atoms with Crippen molar-refractivity contribution >= 4 is 28.9 Å². The summed E-state index contributed by atoms with van der Waals surface area (Å²) in [4.78, 5) is 23.3. The monoisotopic (exact) mass is 461 g/mol. The number of nitrogens with one attached hydrogen (secondary N) is 1. The summed E-state index contributed by atoms with van der Waals surface area (Å²) in [5.74, 6) is 2.33. The van der Waals surface area contributed by atoms with Gasteiger partial charge in [0.25, 0.3) is 0 Å². The summed E-state index contributed by atoms with van der Waals surface area (Å²) in [5, 5.41) is 17.7. The van der Waals surface area contributed by atoms with E-state index in [1.54, 1.807) is 24.0 Å². The molecular formula is C24H27N7O3. The molecule has 4 heterocycles. The van der Waals surface area contributed by atoms with Gasteiger partial charge in [0.05, 0.1) is 37.2 Å². The van der Waals surface area contributed by atoms with Gasteiger partial charge in [-0.2, -0.15) is 4.98 Å². The minimum absolute atomic E-state index is 0.0241. The van der Waals surface area contributed by atoms with Gasteiger partial charge in [-0.15, -0.1) is 5.10 Å². The first-order valence-corrected chi connectivity index (χ1v) is 11.2. The van der Waals surface area contributed by atoms with Crippen LogP contribution in [0.1, 0.15) is 35.7 Å². The Kier molecular flexibility index (Phi) is 5.66. The summed E-state index contributed by atoms with van der Waals surface area (Å²) < 4.78 is 9.17. The minimum Gasteiger partial charge on any atom is -0.496 e. The third-order valence-corrected chi connectivity index (χ3v) is 6.29. The molecule has 0 aliphatic carbocycles. The number of hydrogen-bond acceptors (Lipinski definition) is 8. The van der Waals surface area contributed by atoms with Crippen molar-refractivity contribution in [1.82, 2.24) is 24.1 Å². The van der Waals surface area contributed by atoms with Crippen molar-refractivity contribution < 1.29 is 14.6 Å². The lowest BCUT2D eigenvalue weighted by Crippen LogP contribution is -2.34. The van der Waals surface area contributed by atoms with Gasteiger partial charge >= 0.3 is 0 Å². The molecule has 5 rings (SSSR count). The Balaban J connectivity index is 1.48. The van der Waals surface area contributed by atoms with Crippen LogP contribution in [-0.4, -0.2) is 61.3 Å². The Morgan fingerprint density at radius 1 is 1.32 bits per heavy atom. The Hall–Kier alpha value is -3.92. The van der Waals surface area contributed by atoms with E-state index in [1.807, 2.05) is 42.1 Å². The molecule has 0 saturated carbocycles. The number of carbonyl (C=O) groups excluding carboxylic acids is 1. The summed E-state index contributed by atoms with van der Waals surface area (Å²) >= 11 is 0. The first-order chi connectivity index (χ1) is 16.5. The van der Waals surface area contributed by atoms with Gasteiger partial charge < -0.3 is 24.6 Å². The molecule has 1 aliphatic heterocycles. The van der Waals surface area contributed by atoms with E-state index in [0.717, 1.165) is 36.2 Å². The van der Waals surface area contributed by atoms with Crippen LogP contribution in [0.2, 0.25) is 0 Å². The topological polar surface area (TPSA) is 110 Å². The van der Waals surface area contributed by atoms with Crippen LogP contribution in [0.15, 0.2) is 43.0 Å². The molecule has 1 atom stereocenters. The molecular weight excluding hydrogens is 434 g/mol. The smallest absolute Gasteiger partial charge is 0.245 e. The van der Waals surface area contributed by atoms with Crippen LogP contribution in [0.4, 0.5) is 17.6 Å². The molecule has 1 aliphatic rings. The SMILES string of the molecule is COc1c(C(C)=O)ccc(-n2cnc(Nc3nc(N4CCC[C@H]4CO)nn4cccc34)c2)c1C.